The lowest BCUT2D eigenvalue weighted by molar-refractivity contribution is -0.138. The Hall–Kier alpha value is -1.50. The molecule has 0 unspecified atom stereocenters. The molecule has 2 aromatic rings. The van der Waals surface area contributed by atoms with E-state index in [4.69, 9.17) is 4.74 Å². The summed E-state index contributed by atoms with van der Waals surface area (Å²) in [6, 6.07) is 4.11. The number of hydrogen-bond donors (Lipinski definition) is 0. The van der Waals surface area contributed by atoms with Crippen molar-refractivity contribution in [3.8, 4) is 11.5 Å². The number of alkyl halides is 4. The van der Waals surface area contributed by atoms with Crippen LogP contribution in [0, 0.1) is 0 Å². The molecule has 0 radical (unpaired) electrons. The van der Waals surface area contributed by atoms with E-state index in [2.05, 4.69) is 21.0 Å². The topological polar surface area (TPSA) is 27.1 Å². The normalized spacial score (nSPS) is 12.0. The lowest BCUT2D eigenvalue weighted by atomic mass is 10.1. The minimum Gasteiger partial charge on any atom is -0.453 e. The zero-order valence-electron chi connectivity index (χ0n) is 11.5. The Labute approximate surface area is 128 Å². The number of rotatable bonds is 4. The summed E-state index contributed by atoms with van der Waals surface area (Å²) in [4.78, 5) is 0. The zero-order valence-corrected chi connectivity index (χ0v) is 13.1. The summed E-state index contributed by atoms with van der Waals surface area (Å²) >= 11 is 3.15. The largest absolute Gasteiger partial charge is 0.453 e. The van der Waals surface area contributed by atoms with Crippen molar-refractivity contribution in [2.75, 3.05) is 0 Å². The van der Waals surface area contributed by atoms with Crippen LogP contribution >= 0.6 is 15.9 Å². The average molecular weight is 363 g/mol. The average Bonchev–Trinajstić information content (AvgIpc) is 2.86. The van der Waals surface area contributed by atoms with Gasteiger partial charge in [-0.25, -0.2) is 0 Å². The van der Waals surface area contributed by atoms with E-state index in [9.17, 15) is 13.2 Å². The van der Waals surface area contributed by atoms with E-state index in [0.29, 0.717) is 10.9 Å². The van der Waals surface area contributed by atoms with Crippen LogP contribution in [0.2, 0.25) is 0 Å². The molecule has 1 aromatic carbocycles. The molecule has 0 bridgehead atoms. The third-order valence-electron chi connectivity index (χ3n) is 2.84. The Bertz CT molecular complexity index is 623. The molecule has 1 heterocycles. The van der Waals surface area contributed by atoms with Gasteiger partial charge in [-0.15, -0.1) is 0 Å². The summed E-state index contributed by atoms with van der Waals surface area (Å²) in [7, 11) is 0. The fraction of sp³-hybridized carbons (Fsp3) is 0.357. The van der Waals surface area contributed by atoms with Crippen molar-refractivity contribution in [1.82, 2.24) is 9.78 Å². The van der Waals surface area contributed by atoms with Gasteiger partial charge in [0.15, 0.2) is 5.75 Å². The van der Waals surface area contributed by atoms with Crippen molar-refractivity contribution in [2.45, 2.75) is 31.4 Å². The van der Waals surface area contributed by atoms with Crippen molar-refractivity contribution in [3.05, 3.63) is 41.7 Å². The van der Waals surface area contributed by atoms with Crippen molar-refractivity contribution in [3.63, 3.8) is 0 Å². The number of nitrogens with zero attached hydrogens (tertiary/aromatic N) is 2. The Kier molecular flexibility index (Phi) is 4.61. The van der Waals surface area contributed by atoms with Crippen molar-refractivity contribution in [1.29, 1.82) is 0 Å². The van der Waals surface area contributed by atoms with E-state index in [1.165, 1.54) is 12.3 Å². The van der Waals surface area contributed by atoms with Crippen LogP contribution in [0.15, 0.2) is 30.6 Å². The first-order valence-electron chi connectivity index (χ1n) is 6.29. The van der Waals surface area contributed by atoms with Gasteiger partial charge in [0.1, 0.15) is 5.75 Å². The van der Waals surface area contributed by atoms with Crippen LogP contribution in [-0.4, -0.2) is 9.78 Å². The van der Waals surface area contributed by atoms with Gasteiger partial charge in [-0.2, -0.15) is 18.3 Å². The van der Waals surface area contributed by atoms with Crippen LogP contribution in [0.3, 0.4) is 0 Å². The first kappa shape index (κ1) is 15.9. The maximum absolute atomic E-state index is 13.1. The van der Waals surface area contributed by atoms with Gasteiger partial charge in [-0.1, -0.05) is 22.0 Å². The highest BCUT2D eigenvalue weighted by Gasteiger charge is 2.35. The van der Waals surface area contributed by atoms with Crippen molar-refractivity contribution >= 4 is 15.9 Å². The minimum atomic E-state index is -4.47. The van der Waals surface area contributed by atoms with Crippen LogP contribution in [0.4, 0.5) is 13.2 Å². The van der Waals surface area contributed by atoms with Crippen molar-refractivity contribution < 1.29 is 17.9 Å². The van der Waals surface area contributed by atoms with Gasteiger partial charge >= 0.3 is 6.18 Å². The van der Waals surface area contributed by atoms with Gasteiger partial charge < -0.3 is 4.74 Å². The smallest absolute Gasteiger partial charge is 0.419 e. The summed E-state index contributed by atoms with van der Waals surface area (Å²) in [5, 5.41) is 4.39. The molecule has 1 aromatic heterocycles. The number of hydrogen-bond acceptors (Lipinski definition) is 2. The summed E-state index contributed by atoms with van der Waals surface area (Å²) < 4.78 is 46.2. The molecule has 0 fully saturated rings. The maximum atomic E-state index is 13.1. The monoisotopic (exact) mass is 362 g/mol. The second-order valence-corrected chi connectivity index (χ2v) is 5.37. The number of aromatic nitrogens is 2. The number of ether oxygens (including phenoxy) is 1. The Morgan fingerprint density at radius 2 is 2.05 bits per heavy atom. The zero-order chi connectivity index (χ0) is 15.6. The molecule has 114 valence electrons. The molecule has 0 aliphatic heterocycles. The van der Waals surface area contributed by atoms with Crippen LogP contribution in [-0.2, 0) is 11.5 Å². The molecule has 3 nitrogen and oxygen atoms in total. The third-order valence-corrected chi connectivity index (χ3v) is 3.49. The lowest BCUT2D eigenvalue weighted by Gasteiger charge is -2.14. The molecular weight excluding hydrogens is 349 g/mol. The van der Waals surface area contributed by atoms with Gasteiger partial charge in [0.05, 0.1) is 18.0 Å². The van der Waals surface area contributed by atoms with Gasteiger partial charge in [0.2, 0.25) is 0 Å². The molecular formula is C14H14BrF3N2O. The van der Waals surface area contributed by atoms with Crippen LogP contribution in [0.25, 0.3) is 0 Å². The second kappa shape index (κ2) is 6.09. The molecule has 2 rings (SSSR count). The molecule has 0 amide bonds. The Morgan fingerprint density at radius 1 is 1.33 bits per heavy atom. The predicted molar refractivity (Wildman–Crippen MR) is 76.8 cm³/mol. The molecule has 7 heteroatoms. The molecule has 0 saturated heterocycles. The van der Waals surface area contributed by atoms with E-state index >= 15 is 0 Å². The molecule has 0 saturated carbocycles. The van der Waals surface area contributed by atoms with Crippen molar-refractivity contribution in [2.24, 2.45) is 0 Å². The Balaban J connectivity index is 2.34. The first-order valence-corrected chi connectivity index (χ1v) is 7.41. The summed E-state index contributed by atoms with van der Waals surface area (Å²) in [6.07, 6.45) is -1.50. The van der Waals surface area contributed by atoms with Gasteiger partial charge in [0, 0.05) is 11.4 Å². The van der Waals surface area contributed by atoms with Crippen LogP contribution in [0.5, 0.6) is 11.5 Å². The highest BCUT2D eigenvalue weighted by Crippen LogP contribution is 2.39. The predicted octanol–water partition coefficient (Wildman–Crippen LogP) is 5.17. The summed E-state index contributed by atoms with van der Waals surface area (Å²) in [5.41, 5.74) is -0.260. The van der Waals surface area contributed by atoms with E-state index in [0.717, 1.165) is 6.07 Å². The summed E-state index contributed by atoms with van der Waals surface area (Å²) in [5.74, 6) is 0.0521. The first-order chi connectivity index (χ1) is 9.81. The number of halogens is 4. The number of benzene rings is 1. The third kappa shape index (κ3) is 3.78. The minimum absolute atomic E-state index is 0.111. The fourth-order valence-electron chi connectivity index (χ4n) is 1.75. The lowest BCUT2D eigenvalue weighted by Crippen LogP contribution is -2.07. The second-order valence-electron chi connectivity index (χ2n) is 4.81. The molecule has 0 aliphatic carbocycles. The van der Waals surface area contributed by atoms with Gasteiger partial charge in [0.25, 0.3) is 0 Å². The molecule has 0 aliphatic rings. The standard InChI is InChI=1S/C14H14BrF3N2O/c1-9(2)20-8-11(7-19-20)21-13-4-3-10(6-15)5-12(13)14(16,17)18/h3-5,7-9H,6H2,1-2H3. The SMILES string of the molecule is CC(C)n1cc(Oc2ccc(CBr)cc2C(F)(F)F)cn1. The molecule has 0 N–H and O–H groups in total. The molecule has 0 atom stereocenters. The summed E-state index contributed by atoms with van der Waals surface area (Å²) in [6.45, 7) is 3.84. The van der Waals surface area contributed by atoms with Gasteiger partial charge in [-0.3, -0.25) is 4.68 Å². The highest BCUT2D eigenvalue weighted by molar-refractivity contribution is 9.08. The van der Waals surface area contributed by atoms with E-state index in [1.54, 1.807) is 16.9 Å². The fourth-order valence-corrected chi connectivity index (χ4v) is 2.10. The van der Waals surface area contributed by atoms with Crippen LogP contribution < -0.4 is 4.74 Å². The van der Waals surface area contributed by atoms with E-state index < -0.39 is 11.7 Å². The Morgan fingerprint density at radius 3 is 2.57 bits per heavy atom. The van der Waals surface area contributed by atoms with E-state index in [1.807, 2.05) is 13.8 Å². The van der Waals surface area contributed by atoms with E-state index in [-0.39, 0.29) is 17.5 Å². The maximum Gasteiger partial charge on any atom is 0.419 e. The molecule has 21 heavy (non-hydrogen) atoms. The quantitative estimate of drug-likeness (QED) is 0.701. The van der Waals surface area contributed by atoms with Gasteiger partial charge in [-0.05, 0) is 31.5 Å². The van der Waals surface area contributed by atoms with Crippen LogP contribution in [0.1, 0.15) is 31.0 Å². The highest BCUT2D eigenvalue weighted by atomic mass is 79.9. The molecule has 0 spiro atoms.